The van der Waals surface area contributed by atoms with Crippen LogP contribution in [0, 0.1) is 5.92 Å². The van der Waals surface area contributed by atoms with Crippen molar-refractivity contribution in [3.05, 3.63) is 0 Å². The molecule has 3 N–H and O–H groups in total. The quantitative estimate of drug-likeness (QED) is 0.624. The Hall–Kier alpha value is -0.330. The van der Waals surface area contributed by atoms with Gasteiger partial charge in [0, 0.05) is 6.54 Å². The van der Waals surface area contributed by atoms with E-state index in [4.69, 9.17) is 5.73 Å². The summed E-state index contributed by atoms with van der Waals surface area (Å²) in [7, 11) is -3.29. The first kappa shape index (κ1) is 19.7. The van der Waals surface area contributed by atoms with Gasteiger partial charge in [-0.15, -0.1) is 12.4 Å². The summed E-state index contributed by atoms with van der Waals surface area (Å²) in [6.45, 7) is 4.26. The number of halogens is 1. The zero-order valence-corrected chi connectivity index (χ0v) is 14.0. The average Bonchev–Trinajstić information content (AvgIpc) is 3.12. The molecule has 0 heterocycles. The number of rotatable bonds is 9. The molecule has 120 valence electrons. The normalized spacial score (nSPS) is 17.9. The van der Waals surface area contributed by atoms with E-state index in [2.05, 4.69) is 5.32 Å². The van der Waals surface area contributed by atoms with Gasteiger partial charge in [0.05, 0.1) is 11.3 Å². The number of hydrogen-bond donors (Lipinski definition) is 2. The first-order chi connectivity index (χ1) is 8.83. The fourth-order valence-electron chi connectivity index (χ4n) is 2.24. The van der Waals surface area contributed by atoms with Crippen molar-refractivity contribution in [1.82, 2.24) is 5.32 Å². The molecule has 0 saturated heterocycles. The van der Waals surface area contributed by atoms with Crippen LogP contribution in [0.2, 0.25) is 0 Å². The van der Waals surface area contributed by atoms with Crippen LogP contribution in [-0.2, 0) is 14.6 Å². The third-order valence-electron chi connectivity index (χ3n) is 3.74. The van der Waals surface area contributed by atoms with Crippen LogP contribution in [0.3, 0.4) is 0 Å². The average molecular weight is 327 g/mol. The molecule has 1 rings (SSSR count). The molecule has 7 heteroatoms. The Balaban J connectivity index is 0.00000361. The number of carbonyl (C=O) groups excluding carboxylic acids is 1. The second-order valence-electron chi connectivity index (χ2n) is 5.74. The molecule has 1 saturated carbocycles. The van der Waals surface area contributed by atoms with Crippen LogP contribution in [0.5, 0.6) is 0 Å². The van der Waals surface area contributed by atoms with Gasteiger partial charge in [-0.3, -0.25) is 4.79 Å². The van der Waals surface area contributed by atoms with E-state index in [1.165, 1.54) is 0 Å². The summed E-state index contributed by atoms with van der Waals surface area (Å²) in [5.41, 5.74) is 5.25. The fraction of sp³-hybridized carbons (Fsp3) is 0.923. The molecule has 1 aliphatic rings. The van der Waals surface area contributed by atoms with Gasteiger partial charge in [-0.2, -0.15) is 0 Å². The lowest BCUT2D eigenvalue weighted by molar-refractivity contribution is -0.120. The highest BCUT2D eigenvalue weighted by molar-refractivity contribution is 7.92. The maximum Gasteiger partial charge on any atom is 0.235 e. The first-order valence-corrected chi connectivity index (χ1v) is 8.86. The zero-order valence-electron chi connectivity index (χ0n) is 12.4. The van der Waals surface area contributed by atoms with Gasteiger partial charge in [0.15, 0.2) is 9.84 Å². The highest BCUT2D eigenvalue weighted by atomic mass is 35.5. The summed E-state index contributed by atoms with van der Waals surface area (Å²) in [5.74, 6) is -0.351. The molecule has 0 aromatic heterocycles. The van der Waals surface area contributed by atoms with Crippen molar-refractivity contribution in [3.8, 4) is 0 Å². The molecule has 1 atom stereocenters. The number of carbonyl (C=O) groups is 1. The predicted molar refractivity (Wildman–Crippen MR) is 83.8 cm³/mol. The molecule has 0 radical (unpaired) electrons. The lowest BCUT2D eigenvalue weighted by Crippen LogP contribution is -2.54. The molecule has 1 amide bonds. The van der Waals surface area contributed by atoms with E-state index in [0.717, 1.165) is 25.7 Å². The van der Waals surface area contributed by atoms with Gasteiger partial charge in [-0.1, -0.05) is 19.8 Å². The third-order valence-corrected chi connectivity index (χ3v) is 5.35. The molecule has 0 aromatic rings. The Morgan fingerprint density at radius 3 is 2.40 bits per heavy atom. The Morgan fingerprint density at radius 2 is 1.95 bits per heavy atom. The minimum atomic E-state index is -3.29. The Kier molecular flexibility index (Phi) is 8.06. The Bertz CT molecular complexity index is 410. The maximum absolute atomic E-state index is 11.9. The number of nitrogens with one attached hydrogen (secondary N) is 1. The lowest BCUT2D eigenvalue weighted by atomic mass is 9.96. The van der Waals surface area contributed by atoms with Crippen molar-refractivity contribution >= 4 is 28.2 Å². The largest absolute Gasteiger partial charge is 0.349 e. The summed E-state index contributed by atoms with van der Waals surface area (Å²) in [5, 5.41) is 2.81. The standard InChI is InChI=1S/C13H26N2O3S.ClH/c1-3-4-5-8-19(17,18)9-12(16)15-13(2,10-14)11-6-7-11;/h11H,3-10,14H2,1-2H3,(H,15,16);1H. The van der Waals surface area contributed by atoms with Crippen molar-refractivity contribution in [1.29, 1.82) is 0 Å². The molecule has 5 nitrogen and oxygen atoms in total. The SMILES string of the molecule is CCCCCS(=O)(=O)CC(=O)NC(C)(CN)C1CC1.Cl. The van der Waals surface area contributed by atoms with Crippen LogP contribution in [0.15, 0.2) is 0 Å². The van der Waals surface area contributed by atoms with E-state index in [0.29, 0.717) is 18.9 Å². The smallest absolute Gasteiger partial charge is 0.235 e. The number of amides is 1. The van der Waals surface area contributed by atoms with Crippen LogP contribution < -0.4 is 11.1 Å². The molecule has 20 heavy (non-hydrogen) atoms. The second kappa shape index (κ2) is 8.20. The highest BCUT2D eigenvalue weighted by Gasteiger charge is 2.41. The first-order valence-electron chi connectivity index (χ1n) is 7.04. The van der Waals surface area contributed by atoms with Crippen molar-refractivity contribution in [2.24, 2.45) is 11.7 Å². The molecule has 0 aromatic carbocycles. The molecule has 1 unspecified atom stereocenters. The Labute approximate surface area is 128 Å². The summed E-state index contributed by atoms with van der Waals surface area (Å²) in [4.78, 5) is 11.9. The van der Waals surface area contributed by atoms with E-state index in [9.17, 15) is 13.2 Å². The second-order valence-corrected chi connectivity index (χ2v) is 7.93. The van der Waals surface area contributed by atoms with Crippen LogP contribution in [0.25, 0.3) is 0 Å². The minimum absolute atomic E-state index is 0. The van der Waals surface area contributed by atoms with Gasteiger partial charge in [0.2, 0.25) is 5.91 Å². The van der Waals surface area contributed by atoms with E-state index in [-0.39, 0.29) is 18.2 Å². The van der Waals surface area contributed by atoms with Crippen molar-refractivity contribution < 1.29 is 13.2 Å². The van der Waals surface area contributed by atoms with Crippen LogP contribution in [-0.4, -0.2) is 37.9 Å². The Morgan fingerprint density at radius 1 is 1.35 bits per heavy atom. The van der Waals surface area contributed by atoms with Crippen LogP contribution in [0.4, 0.5) is 0 Å². The topological polar surface area (TPSA) is 89.3 Å². The third kappa shape index (κ3) is 6.41. The number of unbranched alkanes of at least 4 members (excludes halogenated alkanes) is 2. The van der Waals surface area contributed by atoms with Crippen molar-refractivity contribution in [3.63, 3.8) is 0 Å². The van der Waals surface area contributed by atoms with Gasteiger partial charge in [-0.05, 0) is 32.1 Å². The van der Waals surface area contributed by atoms with E-state index < -0.39 is 27.0 Å². The number of nitrogens with two attached hydrogens (primary N) is 1. The zero-order chi connectivity index (χ0) is 14.5. The van der Waals surface area contributed by atoms with Gasteiger partial charge in [0.25, 0.3) is 0 Å². The van der Waals surface area contributed by atoms with Gasteiger partial charge in [0.1, 0.15) is 5.75 Å². The maximum atomic E-state index is 11.9. The molecule has 1 fully saturated rings. The highest BCUT2D eigenvalue weighted by Crippen LogP contribution is 2.38. The summed E-state index contributed by atoms with van der Waals surface area (Å²) in [6.07, 6.45) is 4.58. The van der Waals surface area contributed by atoms with Crippen LogP contribution in [0.1, 0.15) is 46.0 Å². The summed E-state index contributed by atoms with van der Waals surface area (Å²) in [6, 6.07) is 0. The molecular formula is C13H27ClN2O3S. The van der Waals surface area contributed by atoms with Gasteiger partial charge >= 0.3 is 0 Å². The van der Waals surface area contributed by atoms with Gasteiger partial charge < -0.3 is 11.1 Å². The van der Waals surface area contributed by atoms with Crippen LogP contribution >= 0.6 is 12.4 Å². The molecule has 0 aliphatic heterocycles. The summed E-state index contributed by atoms with van der Waals surface area (Å²) >= 11 is 0. The minimum Gasteiger partial charge on any atom is -0.349 e. The fourth-order valence-corrected chi connectivity index (χ4v) is 3.50. The predicted octanol–water partition coefficient (Wildman–Crippen LogP) is 1.26. The lowest BCUT2D eigenvalue weighted by Gasteiger charge is -2.29. The molecular weight excluding hydrogens is 300 g/mol. The summed E-state index contributed by atoms with van der Waals surface area (Å²) < 4.78 is 23.6. The molecule has 0 bridgehead atoms. The van der Waals surface area contributed by atoms with Crippen molar-refractivity contribution in [2.75, 3.05) is 18.1 Å². The van der Waals surface area contributed by atoms with Gasteiger partial charge in [-0.25, -0.2) is 8.42 Å². The number of hydrogen-bond acceptors (Lipinski definition) is 4. The number of sulfone groups is 1. The monoisotopic (exact) mass is 326 g/mol. The molecule has 0 spiro atoms. The van der Waals surface area contributed by atoms with Crippen molar-refractivity contribution in [2.45, 2.75) is 51.5 Å². The molecule has 1 aliphatic carbocycles. The van der Waals surface area contributed by atoms with E-state index in [1.807, 2.05) is 13.8 Å². The van der Waals surface area contributed by atoms with E-state index >= 15 is 0 Å². The van der Waals surface area contributed by atoms with E-state index in [1.54, 1.807) is 0 Å².